The van der Waals surface area contributed by atoms with E-state index in [0.29, 0.717) is 12.4 Å². The van der Waals surface area contributed by atoms with Crippen LogP contribution in [0.5, 0.6) is 0 Å². The van der Waals surface area contributed by atoms with E-state index in [1.165, 1.54) is 12.8 Å². The van der Waals surface area contributed by atoms with Crippen molar-refractivity contribution < 1.29 is 9.90 Å². The van der Waals surface area contributed by atoms with Gasteiger partial charge in [-0.2, -0.15) is 5.10 Å². The Morgan fingerprint density at radius 3 is 2.78 bits per heavy atom. The number of aliphatic hydroxyl groups excluding tert-OH is 1. The number of hydrogen-bond donors (Lipinski definition) is 3. The van der Waals surface area contributed by atoms with Crippen LogP contribution in [0.1, 0.15) is 32.4 Å². The molecule has 0 bridgehead atoms. The van der Waals surface area contributed by atoms with Crippen molar-refractivity contribution >= 4 is 11.8 Å². The Balaban J connectivity index is 1.70. The second-order valence-electron chi connectivity index (χ2n) is 6.47. The molecule has 1 aliphatic heterocycles. The summed E-state index contributed by atoms with van der Waals surface area (Å²) < 4.78 is 1.64. The van der Waals surface area contributed by atoms with Crippen LogP contribution in [-0.4, -0.2) is 58.1 Å². The van der Waals surface area contributed by atoms with Crippen LogP contribution < -0.4 is 10.6 Å². The summed E-state index contributed by atoms with van der Waals surface area (Å²) in [5, 5.41) is 19.8. The highest BCUT2D eigenvalue weighted by Crippen LogP contribution is 2.15. The number of carbonyl (C=O) groups is 1. The summed E-state index contributed by atoms with van der Waals surface area (Å²) in [7, 11) is 1.79. The van der Waals surface area contributed by atoms with E-state index in [0.717, 1.165) is 31.1 Å². The van der Waals surface area contributed by atoms with E-state index in [2.05, 4.69) is 27.6 Å². The molecule has 1 atom stereocenters. The Morgan fingerprint density at radius 1 is 1.48 bits per heavy atom. The number of amides is 2. The molecule has 0 aromatic carbocycles. The maximum absolute atomic E-state index is 11.9. The molecule has 0 spiro atoms. The van der Waals surface area contributed by atoms with Crippen LogP contribution in [0.3, 0.4) is 0 Å². The quantitative estimate of drug-likeness (QED) is 0.734. The lowest BCUT2D eigenvalue weighted by Crippen LogP contribution is -2.43. The molecule has 130 valence electrons. The number of nitrogens with zero attached hydrogens (tertiary/aromatic N) is 3. The van der Waals surface area contributed by atoms with Crippen molar-refractivity contribution in [3.8, 4) is 0 Å². The number of likely N-dealkylation sites (tertiary alicyclic amines) is 1. The fraction of sp³-hybridized carbons (Fsp3) is 0.750. The third-order valence-electron chi connectivity index (χ3n) is 4.38. The highest BCUT2D eigenvalue weighted by molar-refractivity contribution is 5.88. The largest absolute Gasteiger partial charge is 0.390 e. The summed E-state index contributed by atoms with van der Waals surface area (Å²) in [6.45, 7) is 7.19. The molecule has 3 N–H and O–H groups in total. The Morgan fingerprint density at radius 2 is 2.17 bits per heavy atom. The van der Waals surface area contributed by atoms with Gasteiger partial charge < -0.3 is 15.3 Å². The summed E-state index contributed by atoms with van der Waals surface area (Å²) in [5.74, 6) is 1.43. The second kappa shape index (κ2) is 8.31. The van der Waals surface area contributed by atoms with Crippen molar-refractivity contribution in [2.24, 2.45) is 13.0 Å². The molecule has 2 heterocycles. The molecule has 1 aromatic heterocycles. The molecule has 1 aliphatic rings. The second-order valence-corrected chi connectivity index (χ2v) is 6.47. The summed E-state index contributed by atoms with van der Waals surface area (Å²) in [6, 6.07) is 1.53. The van der Waals surface area contributed by atoms with Gasteiger partial charge in [0, 0.05) is 26.2 Å². The van der Waals surface area contributed by atoms with Gasteiger partial charge in [-0.05, 0) is 38.3 Å². The minimum atomic E-state index is -0.549. The van der Waals surface area contributed by atoms with E-state index in [4.69, 9.17) is 0 Å². The molecule has 1 aromatic rings. The van der Waals surface area contributed by atoms with E-state index in [-0.39, 0.29) is 12.6 Å². The van der Waals surface area contributed by atoms with Crippen LogP contribution in [-0.2, 0) is 13.5 Å². The van der Waals surface area contributed by atoms with Crippen molar-refractivity contribution in [2.45, 2.75) is 39.2 Å². The molecule has 23 heavy (non-hydrogen) atoms. The van der Waals surface area contributed by atoms with Gasteiger partial charge in [0.2, 0.25) is 0 Å². The summed E-state index contributed by atoms with van der Waals surface area (Å²) in [5.41, 5.74) is 0.933. The number of anilines is 1. The first-order valence-electron chi connectivity index (χ1n) is 8.46. The zero-order valence-corrected chi connectivity index (χ0v) is 14.4. The molecule has 2 rings (SSSR count). The smallest absolute Gasteiger partial charge is 0.320 e. The number of aryl methyl sites for hydroxylation is 2. The maximum atomic E-state index is 11.9. The Hall–Kier alpha value is -1.60. The fourth-order valence-corrected chi connectivity index (χ4v) is 2.79. The first kappa shape index (κ1) is 17.7. The molecule has 0 radical (unpaired) electrons. The number of β-amino-alcohol motifs (C(OH)–C–C–N with tert-alkyl or cyclic N) is 1. The summed E-state index contributed by atoms with van der Waals surface area (Å²) in [4.78, 5) is 14.2. The standard InChI is InChI=1S/C16H29N5O2/c1-4-13-9-15(20(3)19-13)18-16(23)17-10-14(22)11-21-7-5-12(2)6-8-21/h9,12,14,22H,4-8,10-11H2,1-3H3,(H2,17,18,23). The number of piperidine rings is 1. The van der Waals surface area contributed by atoms with Crippen LogP contribution in [0.4, 0.5) is 10.6 Å². The van der Waals surface area contributed by atoms with Crippen molar-refractivity contribution in [1.29, 1.82) is 0 Å². The van der Waals surface area contributed by atoms with Crippen LogP contribution in [0.25, 0.3) is 0 Å². The number of aromatic nitrogens is 2. The first-order valence-corrected chi connectivity index (χ1v) is 8.46. The van der Waals surface area contributed by atoms with E-state index < -0.39 is 6.10 Å². The van der Waals surface area contributed by atoms with Crippen molar-refractivity contribution in [3.63, 3.8) is 0 Å². The number of rotatable bonds is 6. The van der Waals surface area contributed by atoms with Crippen molar-refractivity contribution in [1.82, 2.24) is 20.0 Å². The molecular weight excluding hydrogens is 294 g/mol. The lowest BCUT2D eigenvalue weighted by atomic mass is 9.99. The molecule has 0 aliphatic carbocycles. The van der Waals surface area contributed by atoms with Gasteiger partial charge in [0.25, 0.3) is 0 Å². The van der Waals surface area contributed by atoms with Gasteiger partial charge in [-0.25, -0.2) is 4.79 Å². The predicted molar refractivity (Wildman–Crippen MR) is 90.5 cm³/mol. The highest BCUT2D eigenvalue weighted by atomic mass is 16.3. The summed E-state index contributed by atoms with van der Waals surface area (Å²) >= 11 is 0. The molecule has 2 amide bonds. The lowest BCUT2D eigenvalue weighted by Gasteiger charge is -2.31. The molecule has 1 unspecified atom stereocenters. The topological polar surface area (TPSA) is 82.4 Å². The molecular formula is C16H29N5O2. The molecule has 1 saturated heterocycles. The normalized spacial score (nSPS) is 17.9. The van der Waals surface area contributed by atoms with E-state index >= 15 is 0 Å². The van der Waals surface area contributed by atoms with Gasteiger partial charge in [0.05, 0.1) is 11.8 Å². The van der Waals surface area contributed by atoms with Crippen molar-refractivity contribution in [3.05, 3.63) is 11.8 Å². The molecule has 7 heteroatoms. The van der Waals surface area contributed by atoms with Crippen LogP contribution >= 0.6 is 0 Å². The van der Waals surface area contributed by atoms with Gasteiger partial charge in [0.1, 0.15) is 5.82 Å². The Kier molecular flexibility index (Phi) is 6.41. The molecule has 7 nitrogen and oxygen atoms in total. The Labute approximate surface area is 138 Å². The summed E-state index contributed by atoms with van der Waals surface area (Å²) in [6.07, 6.45) is 2.64. The SMILES string of the molecule is CCc1cc(NC(=O)NCC(O)CN2CCC(C)CC2)n(C)n1. The zero-order valence-electron chi connectivity index (χ0n) is 14.4. The lowest BCUT2D eigenvalue weighted by molar-refractivity contribution is 0.0924. The monoisotopic (exact) mass is 323 g/mol. The van der Waals surface area contributed by atoms with Crippen LogP contribution in [0.2, 0.25) is 0 Å². The van der Waals surface area contributed by atoms with Gasteiger partial charge in [-0.3, -0.25) is 10.00 Å². The van der Waals surface area contributed by atoms with E-state index in [9.17, 15) is 9.90 Å². The zero-order chi connectivity index (χ0) is 16.8. The van der Waals surface area contributed by atoms with E-state index in [1.807, 2.05) is 13.0 Å². The predicted octanol–water partition coefficient (Wildman–Crippen LogP) is 1.20. The first-order chi connectivity index (χ1) is 11.0. The minimum absolute atomic E-state index is 0.246. The molecule has 0 saturated carbocycles. The number of aliphatic hydroxyl groups is 1. The average Bonchev–Trinajstić information content (AvgIpc) is 2.88. The van der Waals surface area contributed by atoms with Crippen LogP contribution in [0, 0.1) is 5.92 Å². The minimum Gasteiger partial charge on any atom is -0.390 e. The van der Waals surface area contributed by atoms with Crippen molar-refractivity contribution in [2.75, 3.05) is 31.5 Å². The van der Waals surface area contributed by atoms with Gasteiger partial charge in [-0.1, -0.05) is 13.8 Å². The Bertz CT molecular complexity index is 509. The molecule has 1 fully saturated rings. The van der Waals surface area contributed by atoms with Crippen LogP contribution in [0.15, 0.2) is 6.07 Å². The number of carbonyl (C=O) groups excluding carboxylic acids is 1. The number of hydrogen-bond acceptors (Lipinski definition) is 4. The number of urea groups is 1. The maximum Gasteiger partial charge on any atom is 0.320 e. The van der Waals surface area contributed by atoms with Gasteiger partial charge in [-0.15, -0.1) is 0 Å². The highest BCUT2D eigenvalue weighted by Gasteiger charge is 2.18. The number of nitrogens with one attached hydrogen (secondary N) is 2. The fourth-order valence-electron chi connectivity index (χ4n) is 2.79. The average molecular weight is 323 g/mol. The third-order valence-corrected chi connectivity index (χ3v) is 4.38. The third kappa shape index (κ3) is 5.51. The van der Waals surface area contributed by atoms with Gasteiger partial charge >= 0.3 is 6.03 Å². The van der Waals surface area contributed by atoms with Gasteiger partial charge in [0.15, 0.2) is 0 Å². The van der Waals surface area contributed by atoms with E-state index in [1.54, 1.807) is 11.7 Å².